The molecule has 4 atom stereocenters. The molecular weight excluding hydrogens is 218 g/mol. The van der Waals surface area contributed by atoms with Gasteiger partial charge in [0.15, 0.2) is 0 Å². The Hall–Kier alpha value is -0.160. The van der Waals surface area contributed by atoms with Crippen LogP contribution in [0.4, 0.5) is 0 Å². The maximum Gasteiger partial charge on any atom is 0.0971 e. The number of methoxy groups -OCH3 is 2. The summed E-state index contributed by atoms with van der Waals surface area (Å²) >= 11 is 0. The fourth-order valence-electron chi connectivity index (χ4n) is 3.19. The lowest BCUT2D eigenvalue weighted by molar-refractivity contribution is -0.00461. The normalized spacial score (nSPS) is 40.4. The van der Waals surface area contributed by atoms with E-state index in [0.29, 0.717) is 6.04 Å². The van der Waals surface area contributed by atoms with Crippen molar-refractivity contribution in [1.82, 2.24) is 4.90 Å². The highest BCUT2D eigenvalue weighted by atomic mass is 16.5. The van der Waals surface area contributed by atoms with Crippen LogP contribution in [0, 0.1) is 0 Å². The van der Waals surface area contributed by atoms with Gasteiger partial charge in [-0.3, -0.25) is 4.90 Å². The standard InChI is InChI=1S/C13H25NO3/c1-16-12-8-14(9-13(12)17-2)10-6-4-3-5-7-11(10)15/h10-13,15H,3-9H2,1-2H3. The van der Waals surface area contributed by atoms with Crippen LogP contribution in [-0.2, 0) is 9.47 Å². The molecule has 0 spiro atoms. The third-order valence-electron chi connectivity index (χ3n) is 4.26. The van der Waals surface area contributed by atoms with Crippen LogP contribution < -0.4 is 0 Å². The highest BCUT2D eigenvalue weighted by Gasteiger charge is 2.38. The summed E-state index contributed by atoms with van der Waals surface area (Å²) in [5.41, 5.74) is 0. The van der Waals surface area contributed by atoms with Crippen molar-refractivity contribution < 1.29 is 14.6 Å². The largest absolute Gasteiger partial charge is 0.391 e. The van der Waals surface area contributed by atoms with E-state index in [9.17, 15) is 5.11 Å². The second kappa shape index (κ2) is 6.14. The average Bonchev–Trinajstić information content (AvgIpc) is 2.64. The maximum atomic E-state index is 10.2. The van der Waals surface area contributed by atoms with Gasteiger partial charge in [0.2, 0.25) is 0 Å². The molecule has 0 aromatic rings. The van der Waals surface area contributed by atoms with Gasteiger partial charge in [-0.05, 0) is 12.8 Å². The van der Waals surface area contributed by atoms with Gasteiger partial charge in [0, 0.05) is 33.4 Å². The molecule has 2 rings (SSSR count). The van der Waals surface area contributed by atoms with Gasteiger partial charge in [-0.15, -0.1) is 0 Å². The van der Waals surface area contributed by atoms with E-state index in [1.54, 1.807) is 14.2 Å². The van der Waals surface area contributed by atoms with Crippen molar-refractivity contribution in [1.29, 1.82) is 0 Å². The van der Waals surface area contributed by atoms with Crippen LogP contribution in [0.15, 0.2) is 0 Å². The summed E-state index contributed by atoms with van der Waals surface area (Å²) < 4.78 is 10.9. The van der Waals surface area contributed by atoms with Crippen molar-refractivity contribution in [2.24, 2.45) is 0 Å². The quantitative estimate of drug-likeness (QED) is 0.752. The first-order valence-electron chi connectivity index (χ1n) is 6.74. The highest BCUT2D eigenvalue weighted by Crippen LogP contribution is 2.27. The molecule has 1 N–H and O–H groups in total. The minimum absolute atomic E-state index is 0.149. The fourth-order valence-corrected chi connectivity index (χ4v) is 3.19. The molecule has 1 saturated heterocycles. The molecule has 1 heterocycles. The number of hydrogen-bond acceptors (Lipinski definition) is 4. The van der Waals surface area contributed by atoms with Crippen LogP contribution in [-0.4, -0.2) is 61.7 Å². The predicted octanol–water partition coefficient (Wildman–Crippen LogP) is 1.03. The number of hydrogen-bond donors (Lipinski definition) is 1. The molecule has 0 radical (unpaired) electrons. The second-order valence-corrected chi connectivity index (χ2v) is 5.27. The van der Waals surface area contributed by atoms with Crippen LogP contribution in [0.1, 0.15) is 32.1 Å². The average molecular weight is 243 g/mol. The molecule has 1 aliphatic heterocycles. The van der Waals surface area contributed by atoms with Crippen molar-refractivity contribution in [3.8, 4) is 0 Å². The Bertz CT molecular complexity index is 225. The molecule has 0 amide bonds. The van der Waals surface area contributed by atoms with Gasteiger partial charge in [0.05, 0.1) is 18.3 Å². The smallest absolute Gasteiger partial charge is 0.0971 e. The summed E-state index contributed by atoms with van der Waals surface area (Å²) in [5, 5.41) is 10.2. The first kappa shape index (κ1) is 13.3. The lowest BCUT2D eigenvalue weighted by Crippen LogP contribution is -2.42. The van der Waals surface area contributed by atoms with Crippen molar-refractivity contribution in [3.63, 3.8) is 0 Å². The second-order valence-electron chi connectivity index (χ2n) is 5.27. The zero-order valence-corrected chi connectivity index (χ0v) is 11.0. The maximum absolute atomic E-state index is 10.2. The van der Waals surface area contributed by atoms with Crippen molar-refractivity contribution in [2.75, 3.05) is 27.3 Å². The Morgan fingerprint density at radius 3 is 2.12 bits per heavy atom. The molecule has 1 saturated carbocycles. The van der Waals surface area contributed by atoms with Gasteiger partial charge >= 0.3 is 0 Å². The van der Waals surface area contributed by atoms with Gasteiger partial charge < -0.3 is 14.6 Å². The van der Waals surface area contributed by atoms with Gasteiger partial charge in [0.25, 0.3) is 0 Å². The molecule has 4 heteroatoms. The molecule has 1 aliphatic carbocycles. The van der Waals surface area contributed by atoms with E-state index in [-0.39, 0.29) is 18.3 Å². The zero-order chi connectivity index (χ0) is 12.3. The van der Waals surface area contributed by atoms with Gasteiger partial charge in [-0.25, -0.2) is 0 Å². The number of aliphatic hydroxyl groups is 1. The number of nitrogens with zero attached hydrogens (tertiary/aromatic N) is 1. The highest BCUT2D eigenvalue weighted by molar-refractivity contribution is 4.92. The van der Waals surface area contributed by atoms with E-state index < -0.39 is 0 Å². The lowest BCUT2D eigenvalue weighted by atomic mass is 10.0. The number of ether oxygens (including phenoxy) is 2. The molecule has 2 aliphatic rings. The van der Waals surface area contributed by atoms with E-state index in [4.69, 9.17) is 9.47 Å². The Labute approximate surface area is 104 Å². The summed E-state index contributed by atoms with van der Waals surface area (Å²) in [6.07, 6.45) is 5.81. The molecule has 17 heavy (non-hydrogen) atoms. The molecule has 0 bridgehead atoms. The van der Waals surface area contributed by atoms with E-state index in [2.05, 4.69) is 4.90 Å². The summed E-state index contributed by atoms with van der Waals surface area (Å²) in [7, 11) is 3.48. The van der Waals surface area contributed by atoms with Crippen molar-refractivity contribution in [2.45, 2.75) is 56.5 Å². The summed E-state index contributed by atoms with van der Waals surface area (Å²) in [6, 6.07) is 0.301. The van der Waals surface area contributed by atoms with Crippen molar-refractivity contribution in [3.05, 3.63) is 0 Å². The molecule has 4 unspecified atom stereocenters. The Balaban J connectivity index is 1.97. The molecule has 4 nitrogen and oxygen atoms in total. The minimum Gasteiger partial charge on any atom is -0.391 e. The molecule has 0 aromatic heterocycles. The lowest BCUT2D eigenvalue weighted by Gasteiger charge is -2.30. The summed E-state index contributed by atoms with van der Waals surface area (Å²) in [5.74, 6) is 0. The van der Waals surface area contributed by atoms with Crippen LogP contribution in [0.25, 0.3) is 0 Å². The monoisotopic (exact) mass is 243 g/mol. The molecule has 100 valence electrons. The van der Waals surface area contributed by atoms with Gasteiger partial charge in [-0.2, -0.15) is 0 Å². The Kier molecular flexibility index (Phi) is 4.79. The minimum atomic E-state index is -0.175. The van der Waals surface area contributed by atoms with Gasteiger partial charge in [0.1, 0.15) is 0 Å². The van der Waals surface area contributed by atoms with E-state index in [1.165, 1.54) is 12.8 Å². The predicted molar refractivity (Wildman–Crippen MR) is 66.0 cm³/mol. The van der Waals surface area contributed by atoms with Crippen LogP contribution in [0.3, 0.4) is 0 Å². The summed E-state index contributed by atoms with van der Waals surface area (Å²) in [4.78, 5) is 2.36. The third kappa shape index (κ3) is 2.99. The number of aliphatic hydroxyl groups excluding tert-OH is 1. The van der Waals surface area contributed by atoms with E-state index in [0.717, 1.165) is 32.4 Å². The number of rotatable bonds is 3. The SMILES string of the molecule is COC1CN(C2CCCCCC2O)CC1OC. The van der Waals surface area contributed by atoms with Crippen LogP contribution in [0.5, 0.6) is 0 Å². The fraction of sp³-hybridized carbons (Fsp3) is 1.00. The Morgan fingerprint density at radius 2 is 1.53 bits per heavy atom. The van der Waals surface area contributed by atoms with Crippen LogP contribution in [0.2, 0.25) is 0 Å². The zero-order valence-electron chi connectivity index (χ0n) is 11.0. The van der Waals surface area contributed by atoms with Gasteiger partial charge in [-0.1, -0.05) is 19.3 Å². The topological polar surface area (TPSA) is 41.9 Å². The third-order valence-corrected chi connectivity index (χ3v) is 4.26. The van der Waals surface area contributed by atoms with Crippen molar-refractivity contribution >= 4 is 0 Å². The molecular formula is C13H25NO3. The summed E-state index contributed by atoms with van der Waals surface area (Å²) in [6.45, 7) is 1.77. The molecule has 2 fully saturated rings. The van der Waals surface area contributed by atoms with E-state index in [1.807, 2.05) is 0 Å². The first-order valence-corrected chi connectivity index (χ1v) is 6.74. The molecule has 0 aromatic carbocycles. The van der Waals surface area contributed by atoms with E-state index >= 15 is 0 Å². The van der Waals surface area contributed by atoms with Crippen LogP contribution >= 0.6 is 0 Å². The first-order chi connectivity index (χ1) is 8.26. The Morgan fingerprint density at radius 1 is 0.941 bits per heavy atom. The number of likely N-dealkylation sites (tertiary alicyclic amines) is 1.